The molecule has 0 unspecified atom stereocenters. The molecule has 0 heterocycles. The summed E-state index contributed by atoms with van der Waals surface area (Å²) in [5, 5.41) is 2.46. The number of hydrogen-bond acceptors (Lipinski definition) is 3. The highest BCUT2D eigenvalue weighted by Crippen LogP contribution is 2.24. The first-order valence-electron chi connectivity index (χ1n) is 6.97. The SMILES string of the molecule is CC(=O)Nc1ccc(F)cc1NS(=O)(=O)CCc1ccccc1. The molecule has 0 aliphatic carbocycles. The number of sulfonamides is 1. The van der Waals surface area contributed by atoms with E-state index in [-0.39, 0.29) is 23.0 Å². The summed E-state index contributed by atoms with van der Waals surface area (Å²) in [6.45, 7) is 1.29. The largest absolute Gasteiger partial charge is 0.325 e. The van der Waals surface area contributed by atoms with E-state index in [1.807, 2.05) is 30.3 Å². The first-order chi connectivity index (χ1) is 10.9. The molecule has 2 aromatic rings. The molecule has 5 nitrogen and oxygen atoms in total. The van der Waals surface area contributed by atoms with Gasteiger partial charge in [-0.25, -0.2) is 12.8 Å². The maximum Gasteiger partial charge on any atom is 0.233 e. The number of aryl methyl sites for hydroxylation is 1. The van der Waals surface area contributed by atoms with E-state index < -0.39 is 15.8 Å². The fourth-order valence-electron chi connectivity index (χ4n) is 2.02. The molecule has 0 aliphatic heterocycles. The van der Waals surface area contributed by atoms with Gasteiger partial charge in [-0.2, -0.15) is 0 Å². The molecule has 1 amide bonds. The minimum absolute atomic E-state index is 0.00765. The fourth-order valence-corrected chi connectivity index (χ4v) is 3.13. The summed E-state index contributed by atoms with van der Waals surface area (Å²) in [5.41, 5.74) is 1.11. The van der Waals surface area contributed by atoms with Crippen molar-refractivity contribution < 1.29 is 17.6 Å². The molecule has 0 aliphatic rings. The molecule has 0 saturated heterocycles. The molecule has 7 heteroatoms. The third-order valence-electron chi connectivity index (χ3n) is 3.06. The molecular weight excluding hydrogens is 319 g/mol. The molecule has 0 fully saturated rings. The highest BCUT2D eigenvalue weighted by molar-refractivity contribution is 7.92. The van der Waals surface area contributed by atoms with E-state index in [1.54, 1.807) is 0 Å². The molecule has 0 bridgehead atoms. The standard InChI is InChI=1S/C16H17FN2O3S/c1-12(20)18-15-8-7-14(17)11-16(15)19-23(21,22)10-9-13-5-3-2-4-6-13/h2-8,11,19H,9-10H2,1H3,(H,18,20). The highest BCUT2D eigenvalue weighted by Gasteiger charge is 2.14. The quantitative estimate of drug-likeness (QED) is 0.852. The molecule has 0 radical (unpaired) electrons. The Morgan fingerprint density at radius 2 is 1.78 bits per heavy atom. The summed E-state index contributed by atoms with van der Waals surface area (Å²) in [6.07, 6.45) is 0.334. The average Bonchev–Trinajstić information content (AvgIpc) is 2.48. The third-order valence-corrected chi connectivity index (χ3v) is 4.33. The Kier molecular flexibility index (Phi) is 5.33. The number of carbonyl (C=O) groups excluding carboxylic acids is 1. The predicted molar refractivity (Wildman–Crippen MR) is 88.3 cm³/mol. The summed E-state index contributed by atoms with van der Waals surface area (Å²) in [6, 6.07) is 12.7. The minimum atomic E-state index is -3.68. The Labute approximate surface area is 134 Å². The van der Waals surface area contributed by atoms with Crippen LogP contribution in [-0.2, 0) is 21.2 Å². The van der Waals surface area contributed by atoms with Gasteiger partial charge >= 0.3 is 0 Å². The monoisotopic (exact) mass is 336 g/mol. The lowest BCUT2D eigenvalue weighted by atomic mass is 10.2. The van der Waals surface area contributed by atoms with Crippen molar-refractivity contribution in [2.24, 2.45) is 0 Å². The summed E-state index contributed by atoms with van der Waals surface area (Å²) in [7, 11) is -3.68. The molecular formula is C16H17FN2O3S. The zero-order valence-corrected chi connectivity index (χ0v) is 13.4. The van der Waals surface area contributed by atoms with Crippen LogP contribution in [0.5, 0.6) is 0 Å². The van der Waals surface area contributed by atoms with Gasteiger partial charge in [0.2, 0.25) is 15.9 Å². The normalized spacial score (nSPS) is 11.0. The molecule has 23 heavy (non-hydrogen) atoms. The van der Waals surface area contributed by atoms with Gasteiger partial charge < -0.3 is 5.32 Å². The van der Waals surface area contributed by atoms with E-state index in [1.165, 1.54) is 13.0 Å². The number of carbonyl (C=O) groups is 1. The number of hydrogen-bond donors (Lipinski definition) is 2. The van der Waals surface area contributed by atoms with E-state index in [0.29, 0.717) is 6.42 Å². The van der Waals surface area contributed by atoms with Crippen LogP contribution in [0, 0.1) is 5.82 Å². The second kappa shape index (κ2) is 7.23. The Hall–Kier alpha value is -2.41. The number of rotatable bonds is 6. The van der Waals surface area contributed by atoms with Crippen LogP contribution < -0.4 is 10.0 Å². The third kappa shape index (κ3) is 5.37. The fraction of sp³-hybridized carbons (Fsp3) is 0.188. The lowest BCUT2D eigenvalue weighted by molar-refractivity contribution is -0.114. The molecule has 2 rings (SSSR count). The highest BCUT2D eigenvalue weighted by atomic mass is 32.2. The zero-order valence-electron chi connectivity index (χ0n) is 12.5. The van der Waals surface area contributed by atoms with Gasteiger partial charge in [-0.15, -0.1) is 0 Å². The van der Waals surface area contributed by atoms with Crippen LogP contribution >= 0.6 is 0 Å². The van der Waals surface area contributed by atoms with Crippen molar-refractivity contribution >= 4 is 27.3 Å². The summed E-state index contributed by atoms with van der Waals surface area (Å²) in [5.74, 6) is -1.12. The first-order valence-corrected chi connectivity index (χ1v) is 8.62. The van der Waals surface area contributed by atoms with Crippen molar-refractivity contribution in [3.63, 3.8) is 0 Å². The van der Waals surface area contributed by atoms with Crippen molar-refractivity contribution in [1.82, 2.24) is 0 Å². The van der Waals surface area contributed by atoms with Gasteiger partial charge in [0.05, 0.1) is 17.1 Å². The minimum Gasteiger partial charge on any atom is -0.325 e. The Morgan fingerprint density at radius 3 is 2.43 bits per heavy atom. The Morgan fingerprint density at radius 1 is 1.09 bits per heavy atom. The van der Waals surface area contributed by atoms with Crippen LogP contribution in [-0.4, -0.2) is 20.1 Å². The summed E-state index contributed by atoms with van der Waals surface area (Å²) in [4.78, 5) is 11.1. The van der Waals surface area contributed by atoms with Gasteiger partial charge in [-0.3, -0.25) is 9.52 Å². The number of anilines is 2. The van der Waals surface area contributed by atoms with Crippen molar-refractivity contribution in [2.45, 2.75) is 13.3 Å². The van der Waals surface area contributed by atoms with Crippen molar-refractivity contribution in [3.8, 4) is 0 Å². The summed E-state index contributed by atoms with van der Waals surface area (Å²) < 4.78 is 40.0. The summed E-state index contributed by atoms with van der Waals surface area (Å²) >= 11 is 0. The van der Waals surface area contributed by atoms with E-state index in [9.17, 15) is 17.6 Å². The van der Waals surface area contributed by atoms with Gasteiger partial charge in [-0.1, -0.05) is 30.3 Å². The van der Waals surface area contributed by atoms with Crippen molar-refractivity contribution in [3.05, 3.63) is 59.9 Å². The number of benzene rings is 2. The van der Waals surface area contributed by atoms with E-state index in [0.717, 1.165) is 17.7 Å². The second-order valence-corrected chi connectivity index (χ2v) is 6.87. The predicted octanol–water partition coefficient (Wildman–Crippen LogP) is 2.77. The lowest BCUT2D eigenvalue weighted by Gasteiger charge is -2.13. The molecule has 0 atom stereocenters. The lowest BCUT2D eigenvalue weighted by Crippen LogP contribution is -2.20. The zero-order chi connectivity index (χ0) is 16.9. The van der Waals surface area contributed by atoms with Gasteiger partial charge in [0, 0.05) is 13.0 Å². The van der Waals surface area contributed by atoms with Crippen LogP contribution in [0.4, 0.5) is 15.8 Å². The van der Waals surface area contributed by atoms with E-state index >= 15 is 0 Å². The first kappa shape index (κ1) is 17.0. The Balaban J connectivity index is 2.13. The van der Waals surface area contributed by atoms with E-state index in [2.05, 4.69) is 10.0 Å². The average molecular weight is 336 g/mol. The maximum atomic E-state index is 13.4. The van der Waals surface area contributed by atoms with Crippen LogP contribution in [0.15, 0.2) is 48.5 Å². The van der Waals surface area contributed by atoms with Crippen LogP contribution in [0.25, 0.3) is 0 Å². The van der Waals surface area contributed by atoms with Crippen LogP contribution in [0.1, 0.15) is 12.5 Å². The van der Waals surface area contributed by atoms with Gasteiger partial charge in [-0.05, 0) is 24.1 Å². The second-order valence-electron chi connectivity index (χ2n) is 5.03. The number of amides is 1. The molecule has 2 N–H and O–H groups in total. The molecule has 0 aromatic heterocycles. The molecule has 0 spiro atoms. The van der Waals surface area contributed by atoms with Crippen LogP contribution in [0.3, 0.4) is 0 Å². The number of halogens is 1. The maximum absolute atomic E-state index is 13.4. The smallest absolute Gasteiger partial charge is 0.233 e. The Bertz CT molecular complexity index is 792. The van der Waals surface area contributed by atoms with Crippen molar-refractivity contribution in [1.29, 1.82) is 0 Å². The van der Waals surface area contributed by atoms with Gasteiger partial charge in [0.25, 0.3) is 0 Å². The molecule has 0 saturated carbocycles. The van der Waals surface area contributed by atoms with Gasteiger partial charge in [0.15, 0.2) is 0 Å². The molecule has 122 valence electrons. The number of nitrogens with one attached hydrogen (secondary N) is 2. The topological polar surface area (TPSA) is 75.3 Å². The molecule has 2 aromatic carbocycles. The van der Waals surface area contributed by atoms with Crippen LogP contribution in [0.2, 0.25) is 0 Å². The van der Waals surface area contributed by atoms with Gasteiger partial charge in [0.1, 0.15) is 5.82 Å². The van der Waals surface area contributed by atoms with E-state index in [4.69, 9.17) is 0 Å². The van der Waals surface area contributed by atoms with Crippen molar-refractivity contribution in [2.75, 3.05) is 15.8 Å².